The zero-order valence-electron chi connectivity index (χ0n) is 28.5. The first-order valence-corrected chi connectivity index (χ1v) is 17.5. The van der Waals surface area contributed by atoms with Gasteiger partial charge in [-0.1, -0.05) is 32.1 Å². The van der Waals surface area contributed by atoms with Crippen molar-refractivity contribution in [3.05, 3.63) is 29.7 Å². The molecule has 0 radical (unpaired) electrons. The Hall–Kier alpha value is -3.70. The highest BCUT2D eigenvalue weighted by molar-refractivity contribution is 6.01. The first-order chi connectivity index (χ1) is 22.9. The number of likely N-dealkylation sites (tertiary alicyclic amines) is 1. The Bertz CT molecular complexity index is 1470. The molecule has 2 saturated carbocycles. The van der Waals surface area contributed by atoms with Crippen LogP contribution < -0.4 is 10.6 Å². The van der Waals surface area contributed by atoms with Gasteiger partial charge < -0.3 is 30.0 Å². The standard InChI is InChI=1S/C36H50F2N4O6/c1-5-47-34(45)30-29(38)26-19-24(15-16-27(26)40-30)39-32(43)31-25(21-9-7-6-8-10-21)17-18-42(31)33(44)23-13-11-22(12-14-23)28(20-37)41-35(46)48-36(2,3)4/h15-16,19,21-23,25,28,31,40H,5-14,17-18,20H2,1-4H3,(H,39,43)(H,41,46)/t22-,23-,25-,28?,31-/m0/s1. The van der Waals surface area contributed by atoms with Gasteiger partial charge in [0.1, 0.15) is 18.3 Å². The van der Waals surface area contributed by atoms with Crippen LogP contribution in [0.3, 0.4) is 0 Å². The Morgan fingerprint density at radius 2 is 1.73 bits per heavy atom. The van der Waals surface area contributed by atoms with E-state index >= 15 is 4.39 Å². The lowest BCUT2D eigenvalue weighted by molar-refractivity contribution is -0.142. The number of anilines is 1. The highest BCUT2D eigenvalue weighted by atomic mass is 19.1. The van der Waals surface area contributed by atoms with Gasteiger partial charge in [-0.15, -0.1) is 0 Å². The summed E-state index contributed by atoms with van der Waals surface area (Å²) < 4.78 is 39.5. The van der Waals surface area contributed by atoms with Gasteiger partial charge in [-0.2, -0.15) is 0 Å². The molecule has 48 heavy (non-hydrogen) atoms. The predicted octanol–water partition coefficient (Wildman–Crippen LogP) is 6.89. The van der Waals surface area contributed by atoms with Gasteiger partial charge >= 0.3 is 12.1 Å². The number of esters is 1. The summed E-state index contributed by atoms with van der Waals surface area (Å²) in [5.41, 5.74) is -0.189. The fraction of sp³-hybridized carbons (Fsp3) is 0.667. The average molecular weight is 673 g/mol. The molecule has 1 aliphatic heterocycles. The number of benzene rings is 1. The number of alkyl carbamates (subject to hydrolysis) is 1. The summed E-state index contributed by atoms with van der Waals surface area (Å²) in [6.07, 6.45) is 7.75. The summed E-state index contributed by atoms with van der Waals surface area (Å²) >= 11 is 0. The minimum Gasteiger partial charge on any atom is -0.461 e. The van der Waals surface area contributed by atoms with Gasteiger partial charge in [0, 0.05) is 29.1 Å². The number of aromatic nitrogens is 1. The van der Waals surface area contributed by atoms with E-state index in [9.17, 15) is 23.6 Å². The third kappa shape index (κ3) is 8.11. The Morgan fingerprint density at radius 3 is 2.38 bits per heavy atom. The topological polar surface area (TPSA) is 130 Å². The highest BCUT2D eigenvalue weighted by Crippen LogP contribution is 2.41. The molecule has 2 aromatic rings. The van der Waals surface area contributed by atoms with Crippen LogP contribution in [-0.2, 0) is 19.1 Å². The van der Waals surface area contributed by atoms with Crippen LogP contribution in [0, 0.1) is 29.5 Å². The second kappa shape index (κ2) is 15.2. The molecule has 1 aromatic heterocycles. The zero-order chi connectivity index (χ0) is 34.6. The Kier molecular flexibility index (Phi) is 11.3. The van der Waals surface area contributed by atoms with Crippen molar-refractivity contribution in [2.24, 2.45) is 23.7 Å². The molecule has 3 N–H and O–H groups in total. The van der Waals surface area contributed by atoms with Crippen LogP contribution >= 0.6 is 0 Å². The number of aromatic amines is 1. The minimum absolute atomic E-state index is 0.0164. The van der Waals surface area contributed by atoms with Crippen LogP contribution in [0.2, 0.25) is 0 Å². The fourth-order valence-electron chi connectivity index (χ4n) is 8.00. The van der Waals surface area contributed by atoms with Crippen LogP contribution in [0.4, 0.5) is 19.3 Å². The number of nitrogens with one attached hydrogen (secondary N) is 3. The van der Waals surface area contributed by atoms with E-state index in [1.807, 2.05) is 0 Å². The molecule has 1 saturated heterocycles. The number of ether oxygens (including phenoxy) is 2. The van der Waals surface area contributed by atoms with Gasteiger partial charge in [-0.25, -0.2) is 18.4 Å². The van der Waals surface area contributed by atoms with Crippen LogP contribution in [0.25, 0.3) is 10.9 Å². The summed E-state index contributed by atoms with van der Waals surface area (Å²) in [4.78, 5) is 57.2. The summed E-state index contributed by atoms with van der Waals surface area (Å²) in [5.74, 6) is -1.96. The number of alkyl halides is 1. The SMILES string of the molecule is CCOC(=O)c1[nH]c2ccc(NC(=O)[C@@H]3[C@H](C4CCCCC4)CCN3C(=O)[C@H]3CC[C@H](C(CF)NC(=O)OC(C)(C)C)CC3)cc2c1F. The summed E-state index contributed by atoms with van der Waals surface area (Å²) in [6, 6.07) is 3.40. The molecule has 2 heterocycles. The minimum atomic E-state index is -0.791. The first-order valence-electron chi connectivity index (χ1n) is 17.5. The van der Waals surface area contributed by atoms with Crippen LogP contribution in [0.1, 0.15) is 102 Å². The maximum atomic E-state index is 15.2. The summed E-state index contributed by atoms with van der Waals surface area (Å²) in [6.45, 7) is 6.77. The number of rotatable bonds is 9. The molecular formula is C36H50F2N4O6. The maximum absolute atomic E-state index is 15.2. The number of carbonyl (C=O) groups excluding carboxylic acids is 4. The molecule has 264 valence electrons. The lowest BCUT2D eigenvalue weighted by Gasteiger charge is -2.37. The Labute approximate surface area is 281 Å². The van der Waals surface area contributed by atoms with E-state index in [4.69, 9.17) is 9.47 Å². The molecular weight excluding hydrogens is 622 g/mol. The van der Waals surface area contributed by atoms with Crippen molar-refractivity contribution < 1.29 is 37.4 Å². The van der Waals surface area contributed by atoms with E-state index in [1.165, 1.54) is 12.5 Å². The molecule has 2 aliphatic carbocycles. The van der Waals surface area contributed by atoms with E-state index < -0.39 is 42.2 Å². The van der Waals surface area contributed by atoms with Gasteiger partial charge in [0.2, 0.25) is 11.8 Å². The highest BCUT2D eigenvalue weighted by Gasteiger charge is 2.47. The molecule has 3 aliphatic rings. The normalized spacial score (nSPS) is 24.2. The summed E-state index contributed by atoms with van der Waals surface area (Å²) in [5, 5.41) is 5.79. The van der Waals surface area contributed by atoms with Crippen molar-refractivity contribution >= 4 is 40.5 Å². The molecule has 0 bridgehead atoms. The van der Waals surface area contributed by atoms with Gasteiger partial charge in [-0.3, -0.25) is 9.59 Å². The number of carbonyl (C=O) groups is 4. The molecule has 5 rings (SSSR count). The number of H-pyrrole nitrogens is 1. The molecule has 1 unspecified atom stereocenters. The molecule has 3 fully saturated rings. The van der Waals surface area contributed by atoms with E-state index in [1.54, 1.807) is 44.7 Å². The maximum Gasteiger partial charge on any atom is 0.407 e. The predicted molar refractivity (Wildman–Crippen MR) is 178 cm³/mol. The Morgan fingerprint density at radius 1 is 1.02 bits per heavy atom. The average Bonchev–Trinajstić information content (AvgIpc) is 3.65. The first kappa shape index (κ1) is 35.6. The molecule has 1 aromatic carbocycles. The van der Waals surface area contributed by atoms with E-state index in [-0.39, 0.29) is 47.3 Å². The lowest BCUT2D eigenvalue weighted by atomic mass is 9.76. The van der Waals surface area contributed by atoms with Crippen LogP contribution in [0.5, 0.6) is 0 Å². The van der Waals surface area contributed by atoms with E-state index in [0.717, 1.165) is 32.1 Å². The van der Waals surface area contributed by atoms with E-state index in [0.29, 0.717) is 49.4 Å². The number of halogens is 2. The number of fused-ring (bicyclic) bond motifs is 1. The molecule has 0 spiro atoms. The van der Waals surface area contributed by atoms with Gasteiger partial charge in [0.05, 0.1) is 12.6 Å². The smallest absolute Gasteiger partial charge is 0.407 e. The second-order valence-electron chi connectivity index (χ2n) is 14.6. The van der Waals surface area contributed by atoms with Crippen LogP contribution in [-0.4, -0.2) is 71.3 Å². The third-order valence-corrected chi connectivity index (χ3v) is 10.3. The van der Waals surface area contributed by atoms with Crippen molar-refractivity contribution in [3.63, 3.8) is 0 Å². The van der Waals surface area contributed by atoms with Crippen molar-refractivity contribution in [3.8, 4) is 0 Å². The van der Waals surface area contributed by atoms with Gasteiger partial charge in [0.15, 0.2) is 11.5 Å². The van der Waals surface area contributed by atoms with E-state index in [2.05, 4.69) is 15.6 Å². The third-order valence-electron chi connectivity index (χ3n) is 10.3. The zero-order valence-corrected chi connectivity index (χ0v) is 28.5. The molecule has 3 atom stereocenters. The quantitative estimate of drug-likeness (QED) is 0.249. The van der Waals surface area contributed by atoms with Crippen molar-refractivity contribution in [2.75, 3.05) is 25.1 Å². The number of nitrogens with zero attached hydrogens (tertiary/aromatic N) is 1. The Balaban J connectivity index is 1.29. The second-order valence-corrected chi connectivity index (χ2v) is 14.6. The number of hydrogen-bond acceptors (Lipinski definition) is 6. The van der Waals surface area contributed by atoms with Gasteiger partial charge in [0.25, 0.3) is 0 Å². The van der Waals surface area contributed by atoms with Crippen molar-refractivity contribution in [2.45, 2.75) is 110 Å². The molecule has 12 heteroatoms. The lowest BCUT2D eigenvalue weighted by Crippen LogP contribution is -2.50. The number of hydrogen-bond donors (Lipinski definition) is 3. The summed E-state index contributed by atoms with van der Waals surface area (Å²) in [7, 11) is 0. The van der Waals surface area contributed by atoms with Crippen molar-refractivity contribution in [1.82, 2.24) is 15.2 Å². The van der Waals surface area contributed by atoms with Crippen LogP contribution in [0.15, 0.2) is 18.2 Å². The largest absolute Gasteiger partial charge is 0.461 e. The molecule has 10 nitrogen and oxygen atoms in total. The van der Waals surface area contributed by atoms with Crippen molar-refractivity contribution in [1.29, 1.82) is 0 Å². The van der Waals surface area contributed by atoms with Gasteiger partial charge in [-0.05, 0) is 95.8 Å². The number of amides is 3. The molecule has 3 amide bonds. The fourth-order valence-corrected chi connectivity index (χ4v) is 8.00. The monoisotopic (exact) mass is 672 g/mol.